The topological polar surface area (TPSA) is 100 Å². The van der Waals surface area contributed by atoms with Crippen LogP contribution in [0.2, 0.25) is 0 Å². The molecule has 0 bridgehead atoms. The van der Waals surface area contributed by atoms with E-state index in [9.17, 15) is 9.59 Å². The second-order valence-corrected chi connectivity index (χ2v) is 7.86. The summed E-state index contributed by atoms with van der Waals surface area (Å²) in [7, 11) is 0. The van der Waals surface area contributed by atoms with Gasteiger partial charge in [0.05, 0.1) is 17.7 Å². The van der Waals surface area contributed by atoms with Crippen molar-refractivity contribution in [3.05, 3.63) is 59.2 Å². The van der Waals surface area contributed by atoms with Crippen molar-refractivity contribution in [2.24, 2.45) is 5.92 Å². The Morgan fingerprint density at radius 1 is 1.00 bits per heavy atom. The number of imide groups is 1. The van der Waals surface area contributed by atoms with Crippen LogP contribution in [-0.2, 0) is 4.79 Å². The first-order valence-corrected chi connectivity index (χ1v) is 10.2. The lowest BCUT2D eigenvalue weighted by Gasteiger charge is -2.25. The van der Waals surface area contributed by atoms with Gasteiger partial charge in [-0.3, -0.25) is 15.4 Å². The fourth-order valence-electron chi connectivity index (χ4n) is 2.86. The molecule has 0 aromatic heterocycles. The highest BCUT2D eigenvalue weighted by Crippen LogP contribution is 2.16. The molecule has 1 unspecified atom stereocenters. The lowest BCUT2D eigenvalue weighted by Crippen LogP contribution is -2.53. The summed E-state index contributed by atoms with van der Waals surface area (Å²) >= 11 is 0. The van der Waals surface area contributed by atoms with Gasteiger partial charge in [-0.25, -0.2) is 4.79 Å². The van der Waals surface area contributed by atoms with Gasteiger partial charge in [0.25, 0.3) is 0 Å². The van der Waals surface area contributed by atoms with Gasteiger partial charge in [0.1, 0.15) is 18.1 Å². The number of nitriles is 1. The molecule has 0 aliphatic rings. The van der Waals surface area contributed by atoms with Gasteiger partial charge in [0, 0.05) is 6.04 Å². The molecule has 164 valence electrons. The fraction of sp³-hybridized carbons (Fsp3) is 0.375. The molecule has 0 aliphatic heterocycles. The van der Waals surface area contributed by atoms with Crippen LogP contribution in [0.1, 0.15) is 37.5 Å². The van der Waals surface area contributed by atoms with Crippen LogP contribution in [0.3, 0.4) is 0 Å². The summed E-state index contributed by atoms with van der Waals surface area (Å²) in [5, 5.41) is 14.3. The third-order valence-electron chi connectivity index (χ3n) is 4.81. The second-order valence-electron chi connectivity index (χ2n) is 7.86. The Bertz CT molecular complexity index is 948. The highest BCUT2D eigenvalue weighted by molar-refractivity contribution is 5.95. The molecule has 2 aromatic rings. The zero-order valence-electron chi connectivity index (χ0n) is 18.6. The Labute approximate surface area is 183 Å². The second kappa shape index (κ2) is 11.1. The first kappa shape index (κ1) is 23.9. The molecule has 0 saturated carbocycles. The third-order valence-corrected chi connectivity index (χ3v) is 4.81. The van der Waals surface area contributed by atoms with Gasteiger partial charge in [-0.2, -0.15) is 5.26 Å². The molecule has 2 atom stereocenters. The summed E-state index contributed by atoms with van der Waals surface area (Å²) in [4.78, 5) is 24.8. The maximum atomic E-state index is 12.6. The number of hydrogen-bond acceptors (Lipinski definition) is 6. The number of aryl methyl sites for hydroxylation is 2. The Morgan fingerprint density at radius 2 is 1.65 bits per heavy atom. The minimum absolute atomic E-state index is 0.0632. The molecule has 31 heavy (non-hydrogen) atoms. The minimum Gasteiger partial charge on any atom is -0.492 e. The SMILES string of the molecule is Cc1ccc(OC(=O)NC(=O)[C@@H](NC(C)COc2ccc(C#N)cc2)C(C)C)cc1C. The molecule has 2 aromatic carbocycles. The van der Waals surface area contributed by atoms with Crippen molar-refractivity contribution in [2.75, 3.05) is 6.61 Å². The number of nitrogens with zero attached hydrogens (tertiary/aromatic N) is 1. The van der Waals surface area contributed by atoms with Gasteiger partial charge < -0.3 is 9.47 Å². The van der Waals surface area contributed by atoms with E-state index >= 15 is 0 Å². The zero-order chi connectivity index (χ0) is 23.0. The number of carbonyl (C=O) groups is 2. The van der Waals surface area contributed by atoms with Gasteiger partial charge in [-0.15, -0.1) is 0 Å². The number of carbonyl (C=O) groups excluding carboxylic acids is 2. The predicted octanol–water partition coefficient (Wildman–Crippen LogP) is 3.87. The smallest absolute Gasteiger partial charge is 0.419 e. The summed E-state index contributed by atoms with van der Waals surface area (Å²) < 4.78 is 10.9. The normalized spacial score (nSPS) is 12.5. The van der Waals surface area contributed by atoms with Crippen molar-refractivity contribution in [1.82, 2.24) is 10.6 Å². The van der Waals surface area contributed by atoms with Crippen molar-refractivity contribution in [3.63, 3.8) is 0 Å². The quantitative estimate of drug-likeness (QED) is 0.668. The summed E-state index contributed by atoms with van der Waals surface area (Å²) in [5.74, 6) is 0.489. The number of amides is 2. The Kier molecular flexibility index (Phi) is 8.59. The van der Waals surface area contributed by atoms with Crippen molar-refractivity contribution in [3.8, 4) is 17.6 Å². The molecule has 2 N–H and O–H groups in total. The number of benzene rings is 2. The van der Waals surface area contributed by atoms with E-state index in [1.54, 1.807) is 36.4 Å². The molecule has 0 aliphatic carbocycles. The van der Waals surface area contributed by atoms with Crippen LogP contribution in [0.5, 0.6) is 11.5 Å². The summed E-state index contributed by atoms with van der Waals surface area (Å²) in [6.45, 7) is 9.87. The van der Waals surface area contributed by atoms with E-state index in [0.717, 1.165) is 11.1 Å². The minimum atomic E-state index is -0.817. The molecule has 7 heteroatoms. The van der Waals surface area contributed by atoms with Crippen molar-refractivity contribution >= 4 is 12.0 Å². The lowest BCUT2D eigenvalue weighted by atomic mass is 10.0. The Balaban J connectivity index is 1.89. The van der Waals surface area contributed by atoms with E-state index in [2.05, 4.69) is 16.7 Å². The van der Waals surface area contributed by atoms with E-state index in [1.807, 2.05) is 40.7 Å². The standard InChI is InChI=1S/C24H29N3O4/c1-15(2)22(26-18(5)14-30-20-10-7-19(13-25)8-11-20)23(28)27-24(29)31-21-9-6-16(3)17(4)12-21/h6-12,15,18,22,26H,14H2,1-5H3,(H,27,28,29)/t18?,22-/m0/s1. The highest BCUT2D eigenvalue weighted by Gasteiger charge is 2.26. The van der Waals surface area contributed by atoms with Gasteiger partial charge >= 0.3 is 6.09 Å². The molecule has 0 spiro atoms. The predicted molar refractivity (Wildman–Crippen MR) is 118 cm³/mol. The van der Waals surface area contributed by atoms with E-state index in [0.29, 0.717) is 23.7 Å². The number of hydrogen-bond donors (Lipinski definition) is 2. The Hall–Kier alpha value is -3.37. The number of ether oxygens (including phenoxy) is 2. The van der Waals surface area contributed by atoms with Crippen LogP contribution >= 0.6 is 0 Å². The Morgan fingerprint density at radius 3 is 2.23 bits per heavy atom. The summed E-state index contributed by atoms with van der Waals surface area (Å²) in [6.07, 6.45) is -0.817. The molecule has 2 rings (SSSR count). The fourth-order valence-corrected chi connectivity index (χ4v) is 2.86. The van der Waals surface area contributed by atoms with Crippen molar-refractivity contribution in [2.45, 2.75) is 46.7 Å². The van der Waals surface area contributed by atoms with E-state index in [-0.39, 0.29) is 12.0 Å². The van der Waals surface area contributed by atoms with Gasteiger partial charge in [0.2, 0.25) is 5.91 Å². The molecule has 0 radical (unpaired) electrons. The molecular weight excluding hydrogens is 394 g/mol. The van der Waals surface area contributed by atoms with Crippen LogP contribution in [-0.4, -0.2) is 30.7 Å². The zero-order valence-corrected chi connectivity index (χ0v) is 18.6. The molecule has 2 amide bonds. The number of nitrogens with one attached hydrogen (secondary N) is 2. The maximum absolute atomic E-state index is 12.6. The molecule has 0 saturated heterocycles. The van der Waals surface area contributed by atoms with Crippen LogP contribution in [0.15, 0.2) is 42.5 Å². The maximum Gasteiger partial charge on any atom is 0.419 e. The average Bonchev–Trinajstić information content (AvgIpc) is 2.73. The van der Waals surface area contributed by atoms with Gasteiger partial charge in [-0.1, -0.05) is 19.9 Å². The van der Waals surface area contributed by atoms with E-state index in [1.165, 1.54) is 0 Å². The number of rotatable bonds is 8. The van der Waals surface area contributed by atoms with Crippen LogP contribution < -0.4 is 20.1 Å². The van der Waals surface area contributed by atoms with Crippen LogP contribution in [0.4, 0.5) is 4.79 Å². The molecular formula is C24H29N3O4. The summed E-state index contributed by atoms with van der Waals surface area (Å²) in [5.41, 5.74) is 2.64. The van der Waals surface area contributed by atoms with Gasteiger partial charge in [0.15, 0.2) is 0 Å². The molecule has 0 fully saturated rings. The van der Waals surface area contributed by atoms with Crippen molar-refractivity contribution < 1.29 is 19.1 Å². The summed E-state index contributed by atoms with van der Waals surface area (Å²) in [6, 6.07) is 13.4. The lowest BCUT2D eigenvalue weighted by molar-refractivity contribution is -0.123. The largest absolute Gasteiger partial charge is 0.492 e. The van der Waals surface area contributed by atoms with Crippen LogP contribution in [0.25, 0.3) is 0 Å². The highest BCUT2D eigenvalue weighted by atomic mass is 16.6. The first-order valence-electron chi connectivity index (χ1n) is 10.2. The molecule has 7 nitrogen and oxygen atoms in total. The monoisotopic (exact) mass is 423 g/mol. The average molecular weight is 424 g/mol. The van der Waals surface area contributed by atoms with Crippen molar-refractivity contribution in [1.29, 1.82) is 5.26 Å². The van der Waals surface area contributed by atoms with E-state index < -0.39 is 18.0 Å². The third kappa shape index (κ3) is 7.43. The first-order chi connectivity index (χ1) is 14.7. The molecule has 0 heterocycles. The van der Waals surface area contributed by atoms with Gasteiger partial charge in [-0.05, 0) is 74.2 Å². The van der Waals surface area contributed by atoms with E-state index in [4.69, 9.17) is 14.7 Å². The van der Waals surface area contributed by atoms with Crippen LogP contribution in [0, 0.1) is 31.1 Å².